The van der Waals surface area contributed by atoms with Crippen LogP contribution < -0.4 is 15.4 Å². The van der Waals surface area contributed by atoms with E-state index in [1.807, 2.05) is 57.2 Å². The van der Waals surface area contributed by atoms with Crippen LogP contribution in [0.2, 0.25) is 0 Å². The van der Waals surface area contributed by atoms with Gasteiger partial charge in [0.15, 0.2) is 0 Å². The van der Waals surface area contributed by atoms with Gasteiger partial charge < -0.3 is 19.9 Å². The summed E-state index contributed by atoms with van der Waals surface area (Å²) >= 11 is 0. The number of nitrogens with zero attached hydrogens (tertiary/aromatic N) is 2. The van der Waals surface area contributed by atoms with Gasteiger partial charge in [0.2, 0.25) is 0 Å². The number of ether oxygens (including phenoxy) is 1. The molecule has 0 spiro atoms. The zero-order chi connectivity index (χ0) is 22.0. The second kappa shape index (κ2) is 8.73. The van der Waals surface area contributed by atoms with Crippen molar-refractivity contribution in [1.29, 1.82) is 5.26 Å². The number of hydrogen-bond donors (Lipinski definition) is 2. The lowest BCUT2D eigenvalue weighted by molar-refractivity contribution is 0.250. The monoisotopic (exact) mass is 416 g/mol. The number of urea groups is 1. The minimum Gasteiger partial charge on any atom is -0.494 e. The first-order valence-corrected chi connectivity index (χ1v) is 10.9. The molecule has 1 aliphatic rings. The summed E-state index contributed by atoms with van der Waals surface area (Å²) in [5.41, 5.74) is 4.32. The van der Waals surface area contributed by atoms with Crippen LogP contribution in [0.3, 0.4) is 0 Å². The zero-order valence-electron chi connectivity index (χ0n) is 18.2. The Morgan fingerprint density at radius 2 is 1.97 bits per heavy atom. The van der Waals surface area contributed by atoms with Crippen LogP contribution in [-0.4, -0.2) is 23.2 Å². The molecule has 0 aliphatic heterocycles. The fourth-order valence-corrected chi connectivity index (χ4v) is 3.89. The van der Waals surface area contributed by atoms with E-state index in [1.165, 1.54) is 12.8 Å². The molecular weight excluding hydrogens is 388 g/mol. The summed E-state index contributed by atoms with van der Waals surface area (Å²) in [5.74, 6) is 1.44. The van der Waals surface area contributed by atoms with E-state index in [0.717, 1.165) is 34.5 Å². The van der Waals surface area contributed by atoms with Crippen molar-refractivity contribution >= 4 is 22.6 Å². The molecule has 1 fully saturated rings. The number of benzene rings is 2. The van der Waals surface area contributed by atoms with Crippen molar-refractivity contribution < 1.29 is 9.53 Å². The Hall–Kier alpha value is -3.46. The van der Waals surface area contributed by atoms with Crippen molar-refractivity contribution in [3.63, 3.8) is 0 Å². The van der Waals surface area contributed by atoms with Crippen molar-refractivity contribution in [2.24, 2.45) is 5.92 Å². The molecule has 0 atom stereocenters. The lowest BCUT2D eigenvalue weighted by Gasteiger charge is -2.13. The third-order valence-electron chi connectivity index (χ3n) is 5.43. The van der Waals surface area contributed by atoms with Gasteiger partial charge in [-0.1, -0.05) is 12.1 Å². The number of carbonyl (C=O) groups is 1. The minimum atomic E-state index is -0.230. The molecule has 4 rings (SSSR count). The van der Waals surface area contributed by atoms with Crippen molar-refractivity contribution in [1.82, 2.24) is 9.88 Å². The first-order valence-electron chi connectivity index (χ1n) is 10.9. The van der Waals surface area contributed by atoms with E-state index >= 15 is 0 Å². The lowest BCUT2D eigenvalue weighted by atomic mass is 10.1. The van der Waals surface area contributed by atoms with E-state index in [-0.39, 0.29) is 12.1 Å². The van der Waals surface area contributed by atoms with Gasteiger partial charge in [-0.05, 0) is 75.4 Å². The van der Waals surface area contributed by atoms with Gasteiger partial charge in [0.25, 0.3) is 0 Å². The van der Waals surface area contributed by atoms with Crippen molar-refractivity contribution in [2.75, 3.05) is 11.9 Å². The number of fused-ring (bicyclic) bond motifs is 1. The molecule has 2 N–H and O–H groups in total. The van der Waals surface area contributed by atoms with Crippen molar-refractivity contribution in [2.45, 2.75) is 46.2 Å². The van der Waals surface area contributed by atoms with Crippen LogP contribution in [0.15, 0.2) is 42.5 Å². The third-order valence-corrected chi connectivity index (χ3v) is 5.43. The molecule has 0 unspecified atom stereocenters. The summed E-state index contributed by atoms with van der Waals surface area (Å²) in [4.78, 5) is 12.0. The highest BCUT2D eigenvalue weighted by Crippen LogP contribution is 2.39. The van der Waals surface area contributed by atoms with E-state index < -0.39 is 0 Å². The molecule has 0 radical (unpaired) electrons. The molecule has 6 nitrogen and oxygen atoms in total. The standard InChI is InChI=1S/C25H28N4O2/c1-4-31-20-11-12-23-21(13-20)22(14-26)24(29(23)15-17-5-6-17)18-7-9-19(10-8-18)28-25(30)27-16(2)3/h7-13,16-17H,4-6,15H2,1-3H3,(H2,27,28,30). The highest BCUT2D eigenvalue weighted by molar-refractivity contribution is 5.96. The van der Waals surface area contributed by atoms with E-state index in [4.69, 9.17) is 4.74 Å². The number of hydrogen-bond acceptors (Lipinski definition) is 3. The van der Waals surface area contributed by atoms with Crippen molar-refractivity contribution in [3.05, 3.63) is 48.0 Å². The van der Waals surface area contributed by atoms with Crippen LogP contribution in [0, 0.1) is 17.2 Å². The molecular formula is C25H28N4O2. The summed E-state index contributed by atoms with van der Waals surface area (Å²) in [5, 5.41) is 16.6. The molecule has 0 saturated heterocycles. The molecule has 1 aliphatic carbocycles. The maximum atomic E-state index is 12.0. The average molecular weight is 417 g/mol. The van der Waals surface area contributed by atoms with Gasteiger partial charge >= 0.3 is 6.03 Å². The molecule has 0 bridgehead atoms. The molecule has 6 heteroatoms. The Morgan fingerprint density at radius 3 is 2.58 bits per heavy atom. The summed E-state index contributed by atoms with van der Waals surface area (Å²) in [6.45, 7) is 7.28. The molecule has 2 aromatic carbocycles. The molecule has 1 saturated carbocycles. The second-order valence-electron chi connectivity index (χ2n) is 8.33. The summed E-state index contributed by atoms with van der Waals surface area (Å²) < 4.78 is 7.95. The number of rotatable bonds is 7. The maximum absolute atomic E-state index is 12.0. The molecule has 160 valence electrons. The van der Waals surface area contributed by atoms with Gasteiger partial charge in [0, 0.05) is 23.7 Å². The fraction of sp³-hybridized carbons (Fsp3) is 0.360. The topological polar surface area (TPSA) is 79.1 Å². The second-order valence-corrected chi connectivity index (χ2v) is 8.33. The number of carbonyl (C=O) groups excluding carboxylic acids is 1. The van der Waals surface area contributed by atoms with E-state index in [2.05, 4.69) is 27.3 Å². The van der Waals surface area contributed by atoms with E-state index in [0.29, 0.717) is 23.8 Å². The van der Waals surface area contributed by atoms with Gasteiger partial charge in [-0.15, -0.1) is 0 Å². The molecule has 31 heavy (non-hydrogen) atoms. The Kier molecular flexibility index (Phi) is 5.85. The minimum absolute atomic E-state index is 0.0668. The average Bonchev–Trinajstić information content (AvgIpc) is 3.50. The highest BCUT2D eigenvalue weighted by atomic mass is 16.5. The van der Waals surface area contributed by atoms with E-state index in [1.54, 1.807) is 0 Å². The van der Waals surface area contributed by atoms with Crippen molar-refractivity contribution in [3.8, 4) is 23.1 Å². The summed E-state index contributed by atoms with van der Waals surface area (Å²) in [7, 11) is 0. The van der Waals surface area contributed by atoms with Crippen LogP contribution in [0.4, 0.5) is 10.5 Å². The van der Waals surface area contributed by atoms with Gasteiger partial charge in [0.05, 0.1) is 23.4 Å². The van der Waals surface area contributed by atoms with Gasteiger partial charge in [-0.2, -0.15) is 5.26 Å². The smallest absolute Gasteiger partial charge is 0.319 e. The summed E-state index contributed by atoms with van der Waals surface area (Å²) in [6, 6.07) is 15.9. The van der Waals surface area contributed by atoms with Crippen LogP contribution in [0.5, 0.6) is 5.75 Å². The first kappa shape index (κ1) is 20.8. The molecule has 1 aromatic heterocycles. The number of anilines is 1. The normalized spacial score (nSPS) is 13.3. The lowest BCUT2D eigenvalue weighted by Crippen LogP contribution is -2.34. The number of nitriles is 1. The SMILES string of the molecule is CCOc1ccc2c(c1)c(C#N)c(-c1ccc(NC(=O)NC(C)C)cc1)n2CC1CC1. The molecule has 2 amide bonds. The number of amides is 2. The van der Waals surface area contributed by atoms with Crippen LogP contribution in [0.25, 0.3) is 22.2 Å². The predicted octanol–water partition coefficient (Wildman–Crippen LogP) is 5.52. The fourth-order valence-electron chi connectivity index (χ4n) is 3.89. The highest BCUT2D eigenvalue weighted by Gasteiger charge is 2.26. The van der Waals surface area contributed by atoms with Gasteiger partial charge in [-0.3, -0.25) is 0 Å². The van der Waals surface area contributed by atoms with Crippen LogP contribution >= 0.6 is 0 Å². The zero-order valence-corrected chi connectivity index (χ0v) is 18.2. The van der Waals surface area contributed by atoms with Crippen LogP contribution in [0.1, 0.15) is 39.2 Å². The predicted molar refractivity (Wildman–Crippen MR) is 123 cm³/mol. The Morgan fingerprint density at radius 1 is 1.23 bits per heavy atom. The van der Waals surface area contributed by atoms with Gasteiger partial charge in [0.1, 0.15) is 11.8 Å². The third kappa shape index (κ3) is 4.51. The van der Waals surface area contributed by atoms with Gasteiger partial charge in [-0.25, -0.2) is 4.79 Å². The molecule has 3 aromatic rings. The Balaban J connectivity index is 1.75. The largest absolute Gasteiger partial charge is 0.494 e. The first-order chi connectivity index (χ1) is 15.0. The molecule has 1 heterocycles. The Labute approximate surface area is 182 Å². The summed E-state index contributed by atoms with van der Waals surface area (Å²) in [6.07, 6.45) is 2.46. The van der Waals surface area contributed by atoms with E-state index in [9.17, 15) is 10.1 Å². The maximum Gasteiger partial charge on any atom is 0.319 e. The number of aromatic nitrogens is 1. The quantitative estimate of drug-likeness (QED) is 0.532. The van der Waals surface area contributed by atoms with Crippen LogP contribution in [-0.2, 0) is 6.54 Å². The number of nitrogens with one attached hydrogen (secondary N) is 2. The Bertz CT molecular complexity index is 1140.